The number of aromatic hydroxyl groups is 1. The van der Waals surface area contributed by atoms with E-state index in [4.69, 9.17) is 5.11 Å². The monoisotopic (exact) mass is 170 g/mol. The molecule has 2 rings (SSSR count). The Balaban J connectivity index is 2.90. The maximum absolute atomic E-state index is 12.7. The molecule has 0 atom stereocenters. The fourth-order valence-electron chi connectivity index (χ4n) is 1.04. The highest BCUT2D eigenvalue weighted by Crippen LogP contribution is 2.23. The van der Waals surface area contributed by atoms with E-state index in [9.17, 15) is 8.87 Å². The van der Waals surface area contributed by atoms with Crippen LogP contribution in [0.4, 0.5) is 8.87 Å². The first-order valence-corrected chi connectivity index (χ1v) is 3.22. The summed E-state index contributed by atoms with van der Waals surface area (Å²) in [6, 6.07) is 3.36. The molecule has 0 spiro atoms. The molecular formula is C7H4F2N2O. The van der Waals surface area contributed by atoms with Gasteiger partial charge >= 0.3 is 0 Å². The van der Waals surface area contributed by atoms with Crippen LogP contribution in [0.5, 0.6) is 5.88 Å². The molecule has 12 heavy (non-hydrogen) atoms. The third-order valence-corrected chi connectivity index (χ3v) is 1.58. The van der Waals surface area contributed by atoms with E-state index in [1.807, 2.05) is 0 Å². The van der Waals surface area contributed by atoms with Crippen LogP contribution in [0.2, 0.25) is 0 Å². The zero-order chi connectivity index (χ0) is 8.72. The third-order valence-electron chi connectivity index (χ3n) is 1.58. The predicted molar refractivity (Wildman–Crippen MR) is 37.9 cm³/mol. The molecule has 0 aliphatic rings. The molecule has 1 aromatic carbocycles. The Morgan fingerprint density at radius 1 is 1.42 bits per heavy atom. The zero-order valence-electron chi connectivity index (χ0n) is 5.83. The second-order valence-corrected chi connectivity index (χ2v) is 2.35. The second-order valence-electron chi connectivity index (χ2n) is 2.35. The van der Waals surface area contributed by atoms with Crippen molar-refractivity contribution in [3.05, 3.63) is 24.0 Å². The largest absolute Gasteiger partial charge is 0.492 e. The number of aromatic nitrogens is 2. The topological polar surface area (TPSA) is 38.1 Å². The summed E-state index contributed by atoms with van der Waals surface area (Å²) in [6.07, 6.45) is 0. The molecule has 0 saturated heterocycles. The Morgan fingerprint density at radius 2 is 2.17 bits per heavy atom. The molecule has 0 unspecified atom stereocenters. The van der Waals surface area contributed by atoms with E-state index in [-0.39, 0.29) is 15.8 Å². The van der Waals surface area contributed by atoms with E-state index in [0.29, 0.717) is 0 Å². The molecule has 5 heteroatoms. The number of nitrogens with zero attached hydrogens (tertiary/aromatic N) is 2. The van der Waals surface area contributed by atoms with E-state index in [2.05, 4.69) is 5.10 Å². The van der Waals surface area contributed by atoms with Crippen molar-refractivity contribution in [2.75, 3.05) is 0 Å². The Kier molecular flexibility index (Phi) is 1.27. The number of hydrogen-bond acceptors (Lipinski definition) is 2. The molecule has 0 bridgehead atoms. The summed E-state index contributed by atoms with van der Waals surface area (Å²) < 4.78 is 25.2. The van der Waals surface area contributed by atoms with Gasteiger partial charge in [-0.1, -0.05) is 9.39 Å². The summed E-state index contributed by atoms with van der Waals surface area (Å²) >= 11 is 0. The third kappa shape index (κ3) is 0.827. The average Bonchev–Trinajstić information content (AvgIpc) is 2.28. The van der Waals surface area contributed by atoms with Gasteiger partial charge in [0.2, 0.25) is 5.88 Å². The molecule has 0 aliphatic heterocycles. The minimum atomic E-state index is -0.568. The lowest BCUT2D eigenvalue weighted by Gasteiger charge is -1.88. The quantitative estimate of drug-likeness (QED) is 0.652. The van der Waals surface area contributed by atoms with Gasteiger partial charge in [-0.25, -0.2) is 4.39 Å². The van der Waals surface area contributed by atoms with Gasteiger partial charge in [-0.15, -0.1) is 5.10 Å². The van der Waals surface area contributed by atoms with Gasteiger partial charge in [0.05, 0.1) is 5.39 Å². The van der Waals surface area contributed by atoms with Crippen molar-refractivity contribution in [2.45, 2.75) is 0 Å². The van der Waals surface area contributed by atoms with Crippen LogP contribution in [0.25, 0.3) is 10.9 Å². The van der Waals surface area contributed by atoms with Crippen molar-refractivity contribution in [2.24, 2.45) is 0 Å². The molecule has 1 heterocycles. The Hall–Kier alpha value is -1.65. The molecule has 0 saturated carbocycles. The van der Waals surface area contributed by atoms with Crippen LogP contribution in [0.3, 0.4) is 0 Å². The number of halogens is 2. The van der Waals surface area contributed by atoms with Crippen molar-refractivity contribution in [3.63, 3.8) is 0 Å². The molecule has 62 valence electrons. The van der Waals surface area contributed by atoms with Crippen molar-refractivity contribution in [1.82, 2.24) is 10.0 Å². The van der Waals surface area contributed by atoms with Crippen LogP contribution in [0.15, 0.2) is 18.2 Å². The molecule has 2 aromatic rings. The van der Waals surface area contributed by atoms with E-state index in [1.54, 1.807) is 0 Å². The van der Waals surface area contributed by atoms with Crippen LogP contribution in [-0.2, 0) is 0 Å². The Morgan fingerprint density at radius 3 is 2.92 bits per heavy atom. The standard InChI is InChI=1S/C7H4F2N2O/c8-4-1-2-5-6(3-4)11(9)10-7(5)12/h1-3H,(H,10,12). The van der Waals surface area contributed by atoms with Crippen molar-refractivity contribution >= 4 is 10.9 Å². The molecule has 0 fully saturated rings. The fourth-order valence-corrected chi connectivity index (χ4v) is 1.04. The molecular weight excluding hydrogens is 166 g/mol. The Labute approximate surface area is 65.8 Å². The number of hydrogen-bond donors (Lipinski definition) is 1. The maximum Gasteiger partial charge on any atom is 0.241 e. The number of benzene rings is 1. The molecule has 1 N–H and O–H groups in total. The number of rotatable bonds is 0. The van der Waals surface area contributed by atoms with Crippen molar-refractivity contribution in [3.8, 4) is 5.88 Å². The minimum Gasteiger partial charge on any atom is -0.492 e. The van der Waals surface area contributed by atoms with Gasteiger partial charge in [0.15, 0.2) is 0 Å². The smallest absolute Gasteiger partial charge is 0.241 e. The summed E-state index contributed by atoms with van der Waals surface area (Å²) in [7, 11) is 0. The minimum absolute atomic E-state index is 0.0618. The average molecular weight is 170 g/mol. The SMILES string of the molecule is Oc1nn(F)c2cc(F)ccc12. The highest BCUT2D eigenvalue weighted by Gasteiger charge is 2.09. The summed E-state index contributed by atoms with van der Waals surface area (Å²) in [5, 5.41) is 12.3. The first-order chi connectivity index (χ1) is 5.68. The highest BCUT2D eigenvalue weighted by molar-refractivity contribution is 5.83. The summed E-state index contributed by atoms with van der Waals surface area (Å²) in [5.74, 6) is -1.01. The van der Waals surface area contributed by atoms with Crippen molar-refractivity contribution < 1.29 is 14.0 Å². The van der Waals surface area contributed by atoms with Gasteiger partial charge in [0.1, 0.15) is 11.3 Å². The second kappa shape index (κ2) is 2.17. The summed E-state index contributed by atoms with van der Waals surface area (Å²) in [6.45, 7) is 0. The highest BCUT2D eigenvalue weighted by atomic mass is 19.2. The molecule has 0 radical (unpaired) electrons. The lowest BCUT2D eigenvalue weighted by molar-refractivity contribution is 0.314. The van der Waals surface area contributed by atoms with Crippen LogP contribution < -0.4 is 0 Å². The van der Waals surface area contributed by atoms with E-state index in [0.717, 1.165) is 12.1 Å². The van der Waals surface area contributed by atoms with Crippen LogP contribution in [0.1, 0.15) is 0 Å². The lowest BCUT2D eigenvalue weighted by atomic mass is 10.2. The zero-order valence-corrected chi connectivity index (χ0v) is 5.83. The number of fused-ring (bicyclic) bond motifs is 1. The maximum atomic E-state index is 12.7. The molecule has 3 nitrogen and oxygen atoms in total. The first-order valence-electron chi connectivity index (χ1n) is 3.22. The first kappa shape index (κ1) is 7.02. The molecule has 0 aliphatic carbocycles. The van der Waals surface area contributed by atoms with Crippen molar-refractivity contribution in [1.29, 1.82) is 0 Å². The van der Waals surface area contributed by atoms with Crippen LogP contribution in [-0.4, -0.2) is 15.1 Å². The van der Waals surface area contributed by atoms with Gasteiger partial charge in [-0.2, -0.15) is 0 Å². The summed E-state index contributed by atoms with van der Waals surface area (Å²) in [4.78, 5) is -0.0618. The van der Waals surface area contributed by atoms with Gasteiger partial charge in [0.25, 0.3) is 0 Å². The van der Waals surface area contributed by atoms with Gasteiger partial charge < -0.3 is 5.11 Å². The summed E-state index contributed by atoms with van der Waals surface area (Å²) in [5.41, 5.74) is -0.0764. The predicted octanol–water partition coefficient (Wildman–Crippen LogP) is 1.61. The van der Waals surface area contributed by atoms with Gasteiger partial charge in [-0.3, -0.25) is 0 Å². The van der Waals surface area contributed by atoms with Crippen LogP contribution in [0, 0.1) is 5.82 Å². The van der Waals surface area contributed by atoms with E-state index < -0.39 is 11.7 Å². The Bertz CT molecular complexity index is 438. The lowest BCUT2D eigenvalue weighted by Crippen LogP contribution is -1.83. The normalized spacial score (nSPS) is 10.8. The molecule has 0 amide bonds. The van der Waals surface area contributed by atoms with Crippen LogP contribution >= 0.6 is 0 Å². The van der Waals surface area contributed by atoms with Gasteiger partial charge in [0, 0.05) is 6.07 Å². The van der Waals surface area contributed by atoms with Gasteiger partial charge in [-0.05, 0) is 12.1 Å². The van der Waals surface area contributed by atoms with E-state index in [1.165, 1.54) is 6.07 Å². The molecule has 1 aromatic heterocycles. The van der Waals surface area contributed by atoms with E-state index >= 15 is 0 Å². The fraction of sp³-hybridized carbons (Fsp3) is 0.